The van der Waals surface area contributed by atoms with E-state index in [9.17, 15) is 18.0 Å². The van der Waals surface area contributed by atoms with Crippen molar-refractivity contribution in [3.8, 4) is 22.8 Å². The lowest BCUT2D eigenvalue weighted by atomic mass is 9.92. The van der Waals surface area contributed by atoms with Crippen LogP contribution in [-0.2, 0) is 4.74 Å². The van der Waals surface area contributed by atoms with Gasteiger partial charge in [-0.05, 0) is 48.6 Å². The van der Waals surface area contributed by atoms with Crippen LogP contribution in [0.3, 0.4) is 0 Å². The van der Waals surface area contributed by atoms with Crippen LogP contribution in [0.4, 0.5) is 13.2 Å². The molecular formula is C24H25F3N2O4. The van der Waals surface area contributed by atoms with Gasteiger partial charge < -0.3 is 14.2 Å². The van der Waals surface area contributed by atoms with Crippen molar-refractivity contribution in [2.45, 2.75) is 37.8 Å². The van der Waals surface area contributed by atoms with Crippen molar-refractivity contribution in [1.82, 2.24) is 9.38 Å². The van der Waals surface area contributed by atoms with Crippen molar-refractivity contribution >= 4 is 11.4 Å². The molecule has 1 aromatic carbocycles. The number of ketones is 1. The van der Waals surface area contributed by atoms with Gasteiger partial charge in [0, 0.05) is 31.4 Å². The zero-order valence-corrected chi connectivity index (χ0v) is 18.4. The van der Waals surface area contributed by atoms with Gasteiger partial charge in [-0.1, -0.05) is 0 Å². The summed E-state index contributed by atoms with van der Waals surface area (Å²) in [6.45, 7) is 1.51. The highest BCUT2D eigenvalue weighted by atomic mass is 19.4. The number of hydrogen-bond donors (Lipinski definition) is 0. The van der Waals surface area contributed by atoms with Crippen molar-refractivity contribution in [1.29, 1.82) is 0 Å². The molecule has 3 heterocycles. The van der Waals surface area contributed by atoms with E-state index in [4.69, 9.17) is 14.2 Å². The number of ether oxygens (including phenoxy) is 3. The highest BCUT2D eigenvalue weighted by Gasteiger charge is 2.30. The van der Waals surface area contributed by atoms with Crippen LogP contribution in [0, 0.1) is 0 Å². The first-order chi connectivity index (χ1) is 15.8. The molecule has 0 amide bonds. The van der Waals surface area contributed by atoms with E-state index >= 15 is 0 Å². The number of imidazole rings is 1. The number of nitrogens with zero attached hydrogens (tertiary/aromatic N) is 2. The number of methoxy groups -OCH3 is 2. The van der Waals surface area contributed by atoms with E-state index in [0.29, 0.717) is 11.5 Å². The Morgan fingerprint density at radius 3 is 2.42 bits per heavy atom. The Morgan fingerprint density at radius 1 is 1.15 bits per heavy atom. The average molecular weight is 462 g/mol. The van der Waals surface area contributed by atoms with Gasteiger partial charge in [-0.25, -0.2) is 4.98 Å². The van der Waals surface area contributed by atoms with Crippen molar-refractivity contribution < 1.29 is 32.2 Å². The minimum atomic E-state index is -4.42. The van der Waals surface area contributed by atoms with Crippen LogP contribution in [-0.4, -0.2) is 48.8 Å². The monoisotopic (exact) mass is 462 g/mol. The van der Waals surface area contributed by atoms with Gasteiger partial charge in [0.1, 0.15) is 22.7 Å². The van der Waals surface area contributed by atoms with Gasteiger partial charge in [-0.3, -0.25) is 9.20 Å². The number of pyridine rings is 1. The molecule has 0 N–H and O–H groups in total. The zero-order chi connectivity index (χ0) is 23.6. The summed E-state index contributed by atoms with van der Waals surface area (Å²) < 4.78 is 55.9. The van der Waals surface area contributed by atoms with Crippen molar-refractivity contribution in [3.63, 3.8) is 0 Å². The fourth-order valence-corrected chi connectivity index (χ4v) is 4.21. The largest absolute Gasteiger partial charge is 0.496 e. The van der Waals surface area contributed by atoms with E-state index in [-0.39, 0.29) is 17.1 Å². The minimum Gasteiger partial charge on any atom is -0.496 e. The molecule has 1 saturated heterocycles. The number of aromatic nitrogens is 2. The van der Waals surface area contributed by atoms with Crippen LogP contribution in [0.1, 0.15) is 47.5 Å². The number of hydrogen-bond acceptors (Lipinski definition) is 5. The Labute approximate surface area is 189 Å². The van der Waals surface area contributed by atoms with Crippen LogP contribution < -0.4 is 9.47 Å². The Bertz CT molecular complexity index is 1130. The quantitative estimate of drug-likeness (QED) is 0.438. The van der Waals surface area contributed by atoms with Crippen molar-refractivity contribution in [3.05, 3.63) is 47.8 Å². The van der Waals surface area contributed by atoms with Gasteiger partial charge in [0.15, 0.2) is 5.78 Å². The number of halogens is 3. The molecular weight excluding hydrogens is 437 g/mol. The normalized spacial score (nSPS) is 15.1. The van der Waals surface area contributed by atoms with E-state index in [1.165, 1.54) is 19.8 Å². The summed E-state index contributed by atoms with van der Waals surface area (Å²) in [6.07, 6.45) is -0.699. The summed E-state index contributed by atoms with van der Waals surface area (Å²) >= 11 is 0. The second-order valence-corrected chi connectivity index (χ2v) is 8.01. The number of carbonyl (C=O) groups excluding carboxylic acids is 1. The van der Waals surface area contributed by atoms with Gasteiger partial charge >= 0.3 is 6.18 Å². The van der Waals surface area contributed by atoms with Gasteiger partial charge in [-0.2, -0.15) is 13.2 Å². The first-order valence-corrected chi connectivity index (χ1v) is 10.7. The molecule has 0 aliphatic carbocycles. The number of Topliss-reactive ketones (excluding diaryl/α,β-unsaturated/α-hetero) is 1. The van der Waals surface area contributed by atoms with Gasteiger partial charge in [0.05, 0.1) is 32.5 Å². The highest BCUT2D eigenvalue weighted by molar-refractivity contribution is 6.02. The summed E-state index contributed by atoms with van der Waals surface area (Å²) in [5, 5.41) is 0. The number of fused-ring (bicyclic) bond motifs is 1. The van der Waals surface area contributed by atoms with Gasteiger partial charge in [-0.15, -0.1) is 0 Å². The molecule has 176 valence electrons. The van der Waals surface area contributed by atoms with Crippen LogP contribution >= 0.6 is 0 Å². The van der Waals surface area contributed by atoms with E-state index in [0.717, 1.165) is 37.4 Å². The Balaban J connectivity index is 1.69. The lowest BCUT2D eigenvalue weighted by molar-refractivity contribution is -0.133. The first-order valence-electron chi connectivity index (χ1n) is 10.7. The molecule has 0 radical (unpaired) electrons. The minimum absolute atomic E-state index is 0.00336. The van der Waals surface area contributed by atoms with Crippen LogP contribution in [0.2, 0.25) is 0 Å². The maximum Gasteiger partial charge on any atom is 0.389 e. The van der Waals surface area contributed by atoms with Crippen LogP contribution in [0.5, 0.6) is 11.5 Å². The van der Waals surface area contributed by atoms with Crippen molar-refractivity contribution in [2.24, 2.45) is 0 Å². The van der Waals surface area contributed by atoms with E-state index in [2.05, 4.69) is 17.1 Å². The number of carbonyl (C=O) groups is 1. The van der Waals surface area contributed by atoms with E-state index < -0.39 is 24.8 Å². The van der Waals surface area contributed by atoms with Crippen LogP contribution in [0.15, 0.2) is 36.7 Å². The summed E-state index contributed by atoms with van der Waals surface area (Å²) in [7, 11) is 2.74. The highest BCUT2D eigenvalue weighted by Crippen LogP contribution is 2.37. The molecule has 0 bridgehead atoms. The van der Waals surface area contributed by atoms with Crippen molar-refractivity contribution in [2.75, 3.05) is 27.4 Å². The third-order valence-corrected chi connectivity index (χ3v) is 5.95. The van der Waals surface area contributed by atoms with Crippen LogP contribution in [0.25, 0.3) is 16.9 Å². The second-order valence-electron chi connectivity index (χ2n) is 8.01. The average Bonchev–Trinajstić information content (AvgIpc) is 3.25. The summed E-state index contributed by atoms with van der Waals surface area (Å²) in [5.74, 6) is 0.0634. The van der Waals surface area contributed by atoms with E-state index in [1.807, 2.05) is 10.6 Å². The predicted octanol–water partition coefficient (Wildman–Crippen LogP) is 5.44. The Morgan fingerprint density at radius 2 is 1.82 bits per heavy atom. The molecule has 0 atom stereocenters. The Hall–Kier alpha value is -3.07. The number of alkyl halides is 3. The standard InChI is InChI=1S/C24H25F3N2O4/c1-31-20-11-17(12-21(32-2)23(20)19(30)3-7-24(25,26)27)18-14-28-22-13-16(4-8-29(18)22)15-5-9-33-10-6-15/h4,8,11-15H,3,5-7,9-10H2,1-2H3. The molecule has 0 spiro atoms. The Kier molecular flexibility index (Phi) is 6.60. The molecule has 1 aliphatic rings. The lowest BCUT2D eigenvalue weighted by Crippen LogP contribution is -2.14. The lowest BCUT2D eigenvalue weighted by Gasteiger charge is -2.22. The predicted molar refractivity (Wildman–Crippen MR) is 116 cm³/mol. The summed E-state index contributed by atoms with van der Waals surface area (Å²) in [6, 6.07) is 7.37. The number of rotatable bonds is 7. The third kappa shape index (κ3) is 4.98. The summed E-state index contributed by atoms with van der Waals surface area (Å²) in [5.41, 5.74) is 3.40. The van der Waals surface area contributed by atoms with Gasteiger partial charge in [0.25, 0.3) is 0 Å². The molecule has 1 aliphatic heterocycles. The third-order valence-electron chi connectivity index (χ3n) is 5.95. The molecule has 0 saturated carbocycles. The topological polar surface area (TPSA) is 62.1 Å². The molecule has 2 aromatic heterocycles. The molecule has 1 fully saturated rings. The van der Waals surface area contributed by atoms with E-state index in [1.54, 1.807) is 18.3 Å². The molecule has 6 nitrogen and oxygen atoms in total. The maximum absolute atomic E-state index is 12.6. The number of benzene rings is 1. The second kappa shape index (κ2) is 9.43. The first kappa shape index (κ1) is 23.1. The maximum atomic E-state index is 12.6. The molecule has 3 aromatic rings. The summed E-state index contributed by atoms with van der Waals surface area (Å²) in [4.78, 5) is 17.1. The fourth-order valence-electron chi connectivity index (χ4n) is 4.21. The SMILES string of the molecule is COc1cc(-c2cnc3cc(C4CCOCC4)ccn23)cc(OC)c1C(=O)CCC(F)(F)F. The molecule has 33 heavy (non-hydrogen) atoms. The smallest absolute Gasteiger partial charge is 0.389 e. The molecule has 9 heteroatoms. The fraction of sp³-hybridized carbons (Fsp3) is 0.417. The molecule has 0 unspecified atom stereocenters. The van der Waals surface area contributed by atoms with Gasteiger partial charge in [0.2, 0.25) is 0 Å². The molecule has 4 rings (SSSR count). The zero-order valence-electron chi connectivity index (χ0n) is 18.4.